The van der Waals surface area contributed by atoms with Crippen LogP contribution in [0.25, 0.3) is 0 Å². The van der Waals surface area contributed by atoms with Gasteiger partial charge in [-0.1, -0.05) is 23.7 Å². The molecule has 0 saturated heterocycles. The van der Waals surface area contributed by atoms with Crippen LogP contribution in [0.5, 0.6) is 0 Å². The summed E-state index contributed by atoms with van der Waals surface area (Å²) in [5.74, 6) is -0.706. The van der Waals surface area contributed by atoms with E-state index in [1.54, 1.807) is 30.3 Å². The van der Waals surface area contributed by atoms with Crippen molar-refractivity contribution in [3.63, 3.8) is 0 Å². The first-order valence-electron chi connectivity index (χ1n) is 9.39. The summed E-state index contributed by atoms with van der Waals surface area (Å²) >= 11 is 6.99. The highest BCUT2D eigenvalue weighted by molar-refractivity contribution is 7.15. The monoisotopic (exact) mass is 456 g/mol. The van der Waals surface area contributed by atoms with Crippen LogP contribution in [-0.2, 0) is 9.53 Å². The lowest BCUT2D eigenvalue weighted by molar-refractivity contribution is -0.136. The molecular weight excluding hydrogens is 440 g/mol. The Morgan fingerprint density at radius 3 is 2.55 bits per heavy atom. The second kappa shape index (κ2) is 8.87. The van der Waals surface area contributed by atoms with E-state index in [9.17, 15) is 14.4 Å². The number of furan rings is 1. The van der Waals surface area contributed by atoms with E-state index in [-0.39, 0.29) is 10.7 Å². The fourth-order valence-corrected chi connectivity index (χ4v) is 4.08. The smallest absolute Gasteiger partial charge is 0.348 e. The Labute approximate surface area is 186 Å². The Morgan fingerprint density at radius 1 is 1.16 bits per heavy atom. The number of benzene rings is 1. The predicted octanol–water partition coefficient (Wildman–Crippen LogP) is 4.73. The van der Waals surface area contributed by atoms with Gasteiger partial charge in [0.05, 0.1) is 16.9 Å². The number of ketones is 1. The quantitative estimate of drug-likeness (QED) is 0.395. The van der Waals surface area contributed by atoms with Crippen molar-refractivity contribution in [2.24, 2.45) is 5.10 Å². The normalized spacial score (nSPS) is 15.6. The van der Waals surface area contributed by atoms with Crippen molar-refractivity contribution < 1.29 is 23.5 Å². The number of hydrogen-bond acceptors (Lipinski definition) is 7. The van der Waals surface area contributed by atoms with E-state index in [0.29, 0.717) is 27.8 Å². The molecule has 1 unspecified atom stereocenters. The highest BCUT2D eigenvalue weighted by Gasteiger charge is 2.35. The van der Waals surface area contributed by atoms with Crippen molar-refractivity contribution in [3.8, 4) is 0 Å². The molecule has 2 aromatic heterocycles. The van der Waals surface area contributed by atoms with Crippen LogP contribution in [-0.4, -0.2) is 35.0 Å². The number of halogens is 1. The molecule has 7 nitrogen and oxygen atoms in total. The summed E-state index contributed by atoms with van der Waals surface area (Å²) in [5.41, 5.74) is 1.53. The molecular formula is C22H17ClN2O5S. The Hall–Kier alpha value is -3.23. The standard InChI is InChI=1S/C22H17ClN2O5S/c1-13(26)19-8-9-20(31-19)22(28)30-12-21(27)25-17(18-3-2-10-29-18)11-16(24-25)14-4-6-15(23)7-5-14/h2-10,17H,11-12H2,1H3. The maximum Gasteiger partial charge on any atom is 0.348 e. The number of carbonyl (C=O) groups is 3. The molecule has 0 N–H and O–H groups in total. The summed E-state index contributed by atoms with van der Waals surface area (Å²) < 4.78 is 10.7. The molecule has 0 bridgehead atoms. The lowest BCUT2D eigenvalue weighted by Crippen LogP contribution is -2.31. The van der Waals surface area contributed by atoms with E-state index < -0.39 is 24.5 Å². The molecule has 4 rings (SSSR count). The number of hydrazone groups is 1. The number of hydrogen-bond donors (Lipinski definition) is 0. The summed E-state index contributed by atoms with van der Waals surface area (Å²) in [6, 6.07) is 13.3. The molecule has 0 spiro atoms. The van der Waals surface area contributed by atoms with Crippen LogP contribution < -0.4 is 0 Å². The number of thiophene rings is 1. The second-order valence-electron chi connectivity index (χ2n) is 6.82. The second-order valence-corrected chi connectivity index (χ2v) is 8.34. The average molecular weight is 457 g/mol. The van der Waals surface area contributed by atoms with Crippen molar-refractivity contribution in [2.75, 3.05) is 6.61 Å². The van der Waals surface area contributed by atoms with Gasteiger partial charge in [0, 0.05) is 11.4 Å². The van der Waals surface area contributed by atoms with Gasteiger partial charge < -0.3 is 9.15 Å². The minimum absolute atomic E-state index is 0.137. The van der Waals surface area contributed by atoms with E-state index in [4.69, 9.17) is 20.8 Å². The molecule has 0 fully saturated rings. The van der Waals surface area contributed by atoms with Gasteiger partial charge in [0.25, 0.3) is 5.91 Å². The van der Waals surface area contributed by atoms with Gasteiger partial charge in [0.2, 0.25) is 0 Å². The molecule has 31 heavy (non-hydrogen) atoms. The Morgan fingerprint density at radius 2 is 1.90 bits per heavy atom. The molecule has 0 radical (unpaired) electrons. The molecule has 1 atom stereocenters. The first kappa shape index (κ1) is 21.0. The number of ether oxygens (including phenoxy) is 1. The van der Waals surface area contributed by atoms with Crippen molar-refractivity contribution in [1.29, 1.82) is 0 Å². The SMILES string of the molecule is CC(=O)c1ccc(C(=O)OCC(=O)N2N=C(c3ccc(Cl)cc3)CC2c2ccco2)s1. The van der Waals surface area contributed by atoms with Gasteiger partial charge in [-0.3, -0.25) is 9.59 Å². The van der Waals surface area contributed by atoms with E-state index in [1.165, 1.54) is 24.3 Å². The fourth-order valence-electron chi connectivity index (χ4n) is 3.16. The van der Waals surface area contributed by atoms with Crippen LogP contribution in [0.2, 0.25) is 5.02 Å². The van der Waals surface area contributed by atoms with Crippen LogP contribution in [0, 0.1) is 0 Å². The lowest BCUT2D eigenvalue weighted by atomic mass is 10.0. The van der Waals surface area contributed by atoms with Gasteiger partial charge in [-0.05, 0) is 48.9 Å². The van der Waals surface area contributed by atoms with Crippen LogP contribution in [0.15, 0.2) is 64.3 Å². The molecule has 0 saturated carbocycles. The Balaban J connectivity index is 1.49. The largest absolute Gasteiger partial charge is 0.467 e. The van der Waals surface area contributed by atoms with Crippen LogP contribution in [0.3, 0.4) is 0 Å². The minimum Gasteiger partial charge on any atom is -0.467 e. The first-order valence-corrected chi connectivity index (χ1v) is 10.6. The van der Waals surface area contributed by atoms with Gasteiger partial charge in [0.1, 0.15) is 16.7 Å². The summed E-state index contributed by atoms with van der Waals surface area (Å²) in [5, 5.41) is 6.35. The maximum absolute atomic E-state index is 12.9. The van der Waals surface area contributed by atoms with Gasteiger partial charge in [-0.15, -0.1) is 11.3 Å². The summed E-state index contributed by atoms with van der Waals surface area (Å²) in [7, 11) is 0. The number of Topliss-reactive ketones (excluding diaryl/α,β-unsaturated/α-hetero) is 1. The number of amides is 1. The number of carbonyl (C=O) groups excluding carboxylic acids is 3. The van der Waals surface area contributed by atoms with Crippen molar-refractivity contribution in [1.82, 2.24) is 5.01 Å². The zero-order chi connectivity index (χ0) is 22.0. The molecule has 3 aromatic rings. The molecule has 9 heteroatoms. The maximum atomic E-state index is 12.9. The number of esters is 1. The first-order chi connectivity index (χ1) is 14.9. The molecule has 1 aliphatic rings. The average Bonchev–Trinajstić information content (AvgIpc) is 3.52. The third kappa shape index (κ3) is 4.60. The summed E-state index contributed by atoms with van der Waals surface area (Å²) in [6.45, 7) is 0.934. The molecule has 3 heterocycles. The van der Waals surface area contributed by atoms with Crippen LogP contribution in [0.1, 0.15) is 50.1 Å². The zero-order valence-corrected chi connectivity index (χ0v) is 18.0. The molecule has 158 valence electrons. The fraction of sp³-hybridized carbons (Fsp3) is 0.182. The third-order valence-electron chi connectivity index (χ3n) is 4.70. The van der Waals surface area contributed by atoms with E-state index in [1.807, 2.05) is 12.1 Å². The number of nitrogens with zero attached hydrogens (tertiary/aromatic N) is 2. The van der Waals surface area contributed by atoms with Crippen LogP contribution in [0.4, 0.5) is 0 Å². The zero-order valence-electron chi connectivity index (χ0n) is 16.4. The van der Waals surface area contributed by atoms with Crippen LogP contribution >= 0.6 is 22.9 Å². The van der Waals surface area contributed by atoms with Gasteiger partial charge in [-0.2, -0.15) is 5.10 Å². The predicted molar refractivity (Wildman–Crippen MR) is 116 cm³/mol. The Kier molecular flexibility index (Phi) is 6.01. The van der Waals surface area contributed by atoms with E-state index in [2.05, 4.69) is 5.10 Å². The minimum atomic E-state index is -0.665. The third-order valence-corrected chi connectivity index (χ3v) is 6.11. The lowest BCUT2D eigenvalue weighted by Gasteiger charge is -2.19. The highest BCUT2D eigenvalue weighted by Crippen LogP contribution is 2.33. The topological polar surface area (TPSA) is 89.2 Å². The number of rotatable bonds is 6. The van der Waals surface area contributed by atoms with Crippen molar-refractivity contribution in [3.05, 3.63) is 80.9 Å². The Bertz CT molecular complexity index is 1150. The van der Waals surface area contributed by atoms with Gasteiger partial charge in [-0.25, -0.2) is 9.80 Å². The van der Waals surface area contributed by atoms with E-state index in [0.717, 1.165) is 16.9 Å². The summed E-state index contributed by atoms with van der Waals surface area (Å²) in [6.07, 6.45) is 1.98. The highest BCUT2D eigenvalue weighted by atomic mass is 35.5. The van der Waals surface area contributed by atoms with Gasteiger partial charge in [0.15, 0.2) is 12.4 Å². The van der Waals surface area contributed by atoms with E-state index >= 15 is 0 Å². The molecule has 1 aromatic carbocycles. The van der Waals surface area contributed by atoms with Gasteiger partial charge >= 0.3 is 5.97 Å². The molecule has 1 amide bonds. The van der Waals surface area contributed by atoms with Crippen molar-refractivity contribution in [2.45, 2.75) is 19.4 Å². The molecule has 1 aliphatic heterocycles. The van der Waals surface area contributed by atoms with Crippen molar-refractivity contribution >= 4 is 46.3 Å². The molecule has 0 aliphatic carbocycles. The summed E-state index contributed by atoms with van der Waals surface area (Å²) in [4.78, 5) is 37.2.